The van der Waals surface area contributed by atoms with Gasteiger partial charge < -0.3 is 5.32 Å². The number of benzene rings is 3. The van der Waals surface area contributed by atoms with E-state index in [9.17, 15) is 17.6 Å². The molecule has 1 saturated carbocycles. The van der Waals surface area contributed by atoms with Gasteiger partial charge in [0.1, 0.15) is 5.82 Å². The fraction of sp³-hybridized carbons (Fsp3) is 0.320. The van der Waals surface area contributed by atoms with Crippen LogP contribution in [0.5, 0.6) is 0 Å². The molecular weight excluding hydrogens is 427 g/mol. The third-order valence-electron chi connectivity index (χ3n) is 6.25. The zero-order valence-electron chi connectivity index (χ0n) is 18.6. The van der Waals surface area contributed by atoms with Crippen LogP contribution in [0.25, 0.3) is 10.8 Å². The van der Waals surface area contributed by atoms with Crippen LogP contribution in [-0.2, 0) is 15.4 Å². The highest BCUT2D eigenvalue weighted by Crippen LogP contribution is 2.48. The van der Waals surface area contributed by atoms with Crippen LogP contribution in [0.15, 0.2) is 48.5 Å². The smallest absolute Gasteiger partial charge is 0.251 e. The van der Waals surface area contributed by atoms with Gasteiger partial charge in [0, 0.05) is 11.1 Å². The third kappa shape index (κ3) is 4.63. The molecule has 3 aromatic carbocycles. The van der Waals surface area contributed by atoms with Crippen LogP contribution in [0, 0.1) is 12.7 Å². The normalized spacial score (nSPS) is 15.9. The van der Waals surface area contributed by atoms with Crippen molar-refractivity contribution in [2.24, 2.45) is 0 Å². The lowest BCUT2D eigenvalue weighted by Gasteiger charge is -2.18. The Morgan fingerprint density at radius 2 is 1.72 bits per heavy atom. The summed E-state index contributed by atoms with van der Waals surface area (Å²) in [6.07, 6.45) is 3.42. The summed E-state index contributed by atoms with van der Waals surface area (Å²) in [5.74, 6) is -0.887. The topological polar surface area (TPSA) is 75.3 Å². The summed E-state index contributed by atoms with van der Waals surface area (Å²) in [5.41, 5.74) is 3.16. The molecule has 0 radical (unpaired) electrons. The summed E-state index contributed by atoms with van der Waals surface area (Å²) in [6, 6.07) is 14.0. The first-order chi connectivity index (χ1) is 14.9. The minimum atomic E-state index is -3.52. The summed E-state index contributed by atoms with van der Waals surface area (Å²) >= 11 is 0. The van der Waals surface area contributed by atoms with Crippen LogP contribution in [-0.4, -0.2) is 20.6 Å². The van der Waals surface area contributed by atoms with E-state index in [1.54, 1.807) is 26.0 Å². The number of sulfonamides is 1. The van der Waals surface area contributed by atoms with Gasteiger partial charge in [0.05, 0.1) is 18.0 Å². The van der Waals surface area contributed by atoms with Crippen molar-refractivity contribution in [3.05, 3.63) is 76.6 Å². The first kappa shape index (κ1) is 22.3. The van der Waals surface area contributed by atoms with Crippen molar-refractivity contribution in [1.29, 1.82) is 0 Å². The maximum absolute atomic E-state index is 14.7. The number of halogens is 1. The molecule has 0 saturated heterocycles. The Morgan fingerprint density at radius 1 is 1.06 bits per heavy atom. The maximum Gasteiger partial charge on any atom is 0.251 e. The predicted octanol–water partition coefficient (Wildman–Crippen LogP) is 5.20. The van der Waals surface area contributed by atoms with Gasteiger partial charge in [-0.1, -0.05) is 31.2 Å². The second-order valence-corrected chi connectivity index (χ2v) is 10.8. The third-order valence-corrected chi connectivity index (χ3v) is 6.84. The monoisotopic (exact) mass is 454 g/mol. The van der Waals surface area contributed by atoms with Crippen molar-refractivity contribution in [2.45, 2.75) is 45.1 Å². The van der Waals surface area contributed by atoms with Crippen molar-refractivity contribution in [3.63, 3.8) is 0 Å². The van der Waals surface area contributed by atoms with Gasteiger partial charge in [0.15, 0.2) is 0 Å². The van der Waals surface area contributed by atoms with Gasteiger partial charge in [-0.3, -0.25) is 9.52 Å². The Morgan fingerprint density at radius 3 is 2.38 bits per heavy atom. The van der Waals surface area contributed by atoms with E-state index in [4.69, 9.17) is 0 Å². The molecule has 3 aromatic rings. The number of carbonyl (C=O) groups is 1. The molecule has 168 valence electrons. The second kappa shape index (κ2) is 7.89. The van der Waals surface area contributed by atoms with E-state index < -0.39 is 21.9 Å². The molecule has 0 bridgehead atoms. The Bertz CT molecular complexity index is 1330. The quantitative estimate of drug-likeness (QED) is 0.537. The van der Waals surface area contributed by atoms with Crippen molar-refractivity contribution < 1.29 is 17.6 Å². The molecule has 0 aromatic heterocycles. The maximum atomic E-state index is 14.7. The van der Waals surface area contributed by atoms with E-state index in [0.29, 0.717) is 11.1 Å². The molecule has 32 heavy (non-hydrogen) atoms. The summed E-state index contributed by atoms with van der Waals surface area (Å²) in [6.45, 7) is 5.65. The van der Waals surface area contributed by atoms with E-state index in [1.165, 1.54) is 18.4 Å². The number of aryl methyl sites for hydroxylation is 1. The molecule has 0 unspecified atom stereocenters. The van der Waals surface area contributed by atoms with Crippen LogP contribution in [0.3, 0.4) is 0 Å². The Hall–Kier alpha value is -2.93. The Balaban J connectivity index is 1.53. The summed E-state index contributed by atoms with van der Waals surface area (Å²) < 4.78 is 39.9. The lowest BCUT2D eigenvalue weighted by Crippen LogP contribution is -2.27. The highest BCUT2D eigenvalue weighted by atomic mass is 32.2. The average Bonchev–Trinajstić information content (AvgIpc) is 3.47. The number of nitrogens with one attached hydrogen (secondary N) is 2. The fourth-order valence-corrected chi connectivity index (χ4v) is 4.56. The first-order valence-corrected chi connectivity index (χ1v) is 12.5. The molecule has 1 fully saturated rings. The van der Waals surface area contributed by atoms with E-state index in [2.05, 4.69) is 29.1 Å². The van der Waals surface area contributed by atoms with E-state index in [1.807, 2.05) is 18.2 Å². The number of amides is 1. The summed E-state index contributed by atoms with van der Waals surface area (Å²) in [5, 5.41) is 4.92. The highest BCUT2D eigenvalue weighted by molar-refractivity contribution is 7.92. The fourth-order valence-electron chi connectivity index (χ4n) is 3.94. The zero-order chi connectivity index (χ0) is 23.3. The molecular formula is C25H27FN2O3S. The van der Waals surface area contributed by atoms with Crippen LogP contribution >= 0.6 is 0 Å². The van der Waals surface area contributed by atoms with Gasteiger partial charge in [-0.15, -0.1) is 0 Å². The van der Waals surface area contributed by atoms with Crippen LogP contribution in [0.2, 0.25) is 0 Å². The first-order valence-electron chi connectivity index (χ1n) is 10.6. The zero-order valence-corrected chi connectivity index (χ0v) is 19.4. The van der Waals surface area contributed by atoms with Crippen molar-refractivity contribution in [2.75, 3.05) is 11.0 Å². The minimum Gasteiger partial charge on any atom is -0.345 e. The summed E-state index contributed by atoms with van der Waals surface area (Å²) in [7, 11) is -3.52. The number of hydrogen-bond acceptors (Lipinski definition) is 3. The van der Waals surface area contributed by atoms with Crippen LogP contribution < -0.4 is 10.0 Å². The van der Waals surface area contributed by atoms with Gasteiger partial charge >= 0.3 is 0 Å². The van der Waals surface area contributed by atoms with Gasteiger partial charge in [0.25, 0.3) is 5.91 Å². The van der Waals surface area contributed by atoms with Crippen molar-refractivity contribution >= 4 is 32.4 Å². The Labute approximate surface area is 188 Å². The molecule has 1 atom stereocenters. The largest absolute Gasteiger partial charge is 0.345 e. The second-order valence-electron chi connectivity index (χ2n) is 9.10. The molecule has 0 spiro atoms. The number of carbonyl (C=O) groups excluding carboxylic acids is 1. The number of fused-ring (bicyclic) bond motifs is 1. The van der Waals surface area contributed by atoms with Crippen molar-refractivity contribution in [1.82, 2.24) is 5.32 Å². The predicted molar refractivity (Wildman–Crippen MR) is 126 cm³/mol. The van der Waals surface area contributed by atoms with E-state index in [0.717, 1.165) is 23.1 Å². The Kier molecular flexibility index (Phi) is 5.49. The molecule has 1 aliphatic carbocycles. The molecule has 1 aliphatic rings. The molecule has 4 rings (SSSR count). The average molecular weight is 455 g/mol. The molecule has 7 heteroatoms. The van der Waals surface area contributed by atoms with Gasteiger partial charge in [0.2, 0.25) is 10.0 Å². The van der Waals surface area contributed by atoms with E-state index >= 15 is 0 Å². The molecule has 0 aliphatic heterocycles. The SMILES string of the molecule is Cc1cc([C@@H](C)NC(=O)c2ccc3cc(C4(C)CC4)ccc3c2)c(F)cc1NS(C)(=O)=O. The molecule has 0 heterocycles. The van der Waals surface area contributed by atoms with Crippen LogP contribution in [0.1, 0.15) is 59.8 Å². The molecule has 1 amide bonds. The standard InChI is InChI=1S/C25H27FN2O3S/c1-15-11-21(22(26)14-23(15)28-32(4,30)31)16(2)27-24(29)19-6-5-18-13-20(25(3)9-10-25)8-7-17(18)12-19/h5-8,11-14,16,28H,9-10H2,1-4H3,(H,27,29)/t16-/m1/s1. The van der Waals surface area contributed by atoms with Crippen LogP contribution in [0.4, 0.5) is 10.1 Å². The number of rotatable bonds is 6. The van der Waals surface area contributed by atoms with Gasteiger partial charge in [-0.25, -0.2) is 12.8 Å². The minimum absolute atomic E-state index is 0.182. The lowest BCUT2D eigenvalue weighted by atomic mass is 9.95. The molecule has 5 nitrogen and oxygen atoms in total. The van der Waals surface area contributed by atoms with E-state index in [-0.39, 0.29) is 22.6 Å². The highest BCUT2D eigenvalue weighted by Gasteiger charge is 2.38. The van der Waals surface area contributed by atoms with Gasteiger partial charge in [-0.2, -0.15) is 0 Å². The lowest BCUT2D eigenvalue weighted by molar-refractivity contribution is 0.0939. The molecule has 2 N–H and O–H groups in total. The van der Waals surface area contributed by atoms with Gasteiger partial charge in [-0.05, 0) is 78.3 Å². The van der Waals surface area contributed by atoms with Crippen molar-refractivity contribution in [3.8, 4) is 0 Å². The number of hydrogen-bond donors (Lipinski definition) is 2. The summed E-state index contributed by atoms with van der Waals surface area (Å²) in [4.78, 5) is 12.8. The number of anilines is 1.